The van der Waals surface area contributed by atoms with Gasteiger partial charge in [0.05, 0.1) is 0 Å². The van der Waals surface area contributed by atoms with Crippen molar-refractivity contribution < 1.29 is 9.21 Å². The van der Waals surface area contributed by atoms with Crippen LogP contribution in [-0.4, -0.2) is 11.3 Å². The Kier molecular flexibility index (Phi) is 1.84. The number of aromatic nitrogens is 1. The molecule has 1 saturated carbocycles. The van der Waals surface area contributed by atoms with E-state index in [1.165, 1.54) is 19.3 Å². The zero-order chi connectivity index (χ0) is 10.3. The van der Waals surface area contributed by atoms with Gasteiger partial charge in [0.15, 0.2) is 11.5 Å². The van der Waals surface area contributed by atoms with E-state index in [1.54, 1.807) is 12.1 Å². The van der Waals surface area contributed by atoms with E-state index in [9.17, 15) is 4.79 Å². The minimum Gasteiger partial charge on any atom is -0.440 e. The van der Waals surface area contributed by atoms with Crippen LogP contribution in [0.25, 0.3) is 11.1 Å². The van der Waals surface area contributed by atoms with E-state index >= 15 is 0 Å². The van der Waals surface area contributed by atoms with Gasteiger partial charge in [0.25, 0.3) is 0 Å². The van der Waals surface area contributed by atoms with Gasteiger partial charge in [-0.25, -0.2) is 4.98 Å². The molecule has 0 amide bonds. The van der Waals surface area contributed by atoms with Crippen molar-refractivity contribution in [3.05, 3.63) is 29.7 Å². The van der Waals surface area contributed by atoms with Crippen molar-refractivity contribution in [2.45, 2.75) is 25.2 Å². The fourth-order valence-corrected chi connectivity index (χ4v) is 1.87. The van der Waals surface area contributed by atoms with E-state index in [-0.39, 0.29) is 0 Å². The molecule has 15 heavy (non-hydrogen) atoms. The van der Waals surface area contributed by atoms with Gasteiger partial charge in [-0.2, -0.15) is 0 Å². The molecular formula is C12H11NO2. The lowest BCUT2D eigenvalue weighted by Gasteiger charge is -2.21. The fraction of sp³-hybridized carbons (Fsp3) is 0.333. The van der Waals surface area contributed by atoms with E-state index in [2.05, 4.69) is 4.98 Å². The quantitative estimate of drug-likeness (QED) is 0.701. The van der Waals surface area contributed by atoms with Crippen LogP contribution in [0.1, 0.15) is 41.4 Å². The molecule has 0 unspecified atom stereocenters. The molecule has 1 heterocycles. The highest BCUT2D eigenvalue weighted by Gasteiger charge is 2.24. The zero-order valence-corrected chi connectivity index (χ0v) is 8.27. The second-order valence-electron chi connectivity index (χ2n) is 4.02. The average molecular weight is 201 g/mol. The molecule has 76 valence electrons. The molecule has 3 heteroatoms. The summed E-state index contributed by atoms with van der Waals surface area (Å²) in [5, 5.41) is 0. The van der Waals surface area contributed by atoms with Gasteiger partial charge in [-0.15, -0.1) is 0 Å². The molecule has 0 N–H and O–H groups in total. The zero-order valence-electron chi connectivity index (χ0n) is 8.27. The van der Waals surface area contributed by atoms with Gasteiger partial charge in [-0.1, -0.05) is 6.42 Å². The summed E-state index contributed by atoms with van der Waals surface area (Å²) in [7, 11) is 0. The van der Waals surface area contributed by atoms with Crippen LogP contribution in [0.3, 0.4) is 0 Å². The third-order valence-electron chi connectivity index (χ3n) is 3.02. The Morgan fingerprint density at radius 1 is 1.40 bits per heavy atom. The summed E-state index contributed by atoms with van der Waals surface area (Å²) in [4.78, 5) is 15.0. The maximum absolute atomic E-state index is 10.6. The first-order chi connectivity index (χ1) is 7.36. The molecule has 0 aliphatic heterocycles. The van der Waals surface area contributed by atoms with Crippen LogP contribution in [0.2, 0.25) is 0 Å². The minimum absolute atomic E-state index is 0.497. The number of oxazole rings is 1. The molecule has 3 nitrogen and oxygen atoms in total. The van der Waals surface area contributed by atoms with Crippen LogP contribution < -0.4 is 0 Å². The number of benzene rings is 1. The van der Waals surface area contributed by atoms with Crippen molar-refractivity contribution in [1.29, 1.82) is 0 Å². The topological polar surface area (TPSA) is 43.1 Å². The van der Waals surface area contributed by atoms with E-state index < -0.39 is 0 Å². The lowest BCUT2D eigenvalue weighted by atomic mass is 9.85. The molecule has 0 radical (unpaired) electrons. The van der Waals surface area contributed by atoms with Crippen LogP contribution in [0.5, 0.6) is 0 Å². The summed E-state index contributed by atoms with van der Waals surface area (Å²) in [6.45, 7) is 0. The smallest absolute Gasteiger partial charge is 0.198 e. The highest BCUT2D eigenvalue weighted by Crippen LogP contribution is 2.37. The Morgan fingerprint density at radius 3 is 2.93 bits per heavy atom. The first-order valence-electron chi connectivity index (χ1n) is 5.22. The lowest BCUT2D eigenvalue weighted by Crippen LogP contribution is -2.08. The third kappa shape index (κ3) is 1.35. The van der Waals surface area contributed by atoms with E-state index in [4.69, 9.17) is 4.42 Å². The van der Waals surface area contributed by atoms with Gasteiger partial charge in [0.2, 0.25) is 0 Å². The van der Waals surface area contributed by atoms with Gasteiger partial charge in [-0.05, 0) is 31.0 Å². The van der Waals surface area contributed by atoms with Crippen LogP contribution in [0, 0.1) is 0 Å². The average Bonchev–Trinajstić information content (AvgIpc) is 2.56. The summed E-state index contributed by atoms with van der Waals surface area (Å²) < 4.78 is 5.64. The van der Waals surface area contributed by atoms with Crippen molar-refractivity contribution in [3.8, 4) is 0 Å². The van der Waals surface area contributed by atoms with E-state index in [0.29, 0.717) is 11.5 Å². The molecule has 0 spiro atoms. The Bertz CT molecular complexity index is 511. The summed E-state index contributed by atoms with van der Waals surface area (Å²) in [5.74, 6) is 1.33. The number of hydrogen-bond donors (Lipinski definition) is 0. The van der Waals surface area contributed by atoms with Gasteiger partial charge in [0, 0.05) is 11.5 Å². The Balaban J connectivity index is 2.08. The van der Waals surface area contributed by atoms with Crippen molar-refractivity contribution >= 4 is 17.4 Å². The number of rotatable bonds is 2. The molecule has 0 saturated heterocycles. The summed E-state index contributed by atoms with van der Waals surface area (Å²) in [5.41, 5.74) is 2.22. The molecule has 1 aromatic carbocycles. The monoisotopic (exact) mass is 201 g/mol. The summed E-state index contributed by atoms with van der Waals surface area (Å²) >= 11 is 0. The number of aldehydes is 1. The summed E-state index contributed by atoms with van der Waals surface area (Å²) in [6.07, 6.45) is 4.45. The molecule has 1 aromatic heterocycles. The molecule has 1 fully saturated rings. The lowest BCUT2D eigenvalue weighted by molar-refractivity contribution is 0.112. The van der Waals surface area contributed by atoms with E-state index in [0.717, 1.165) is 23.3 Å². The standard InChI is InChI=1S/C12H11NO2/c14-7-8-4-5-11-10(6-8)13-12(15-11)9-2-1-3-9/h4-7,9H,1-3H2. The molecule has 3 rings (SSSR count). The van der Waals surface area contributed by atoms with Gasteiger partial charge < -0.3 is 4.42 Å². The third-order valence-corrected chi connectivity index (χ3v) is 3.02. The highest BCUT2D eigenvalue weighted by molar-refractivity contribution is 5.83. The normalized spacial score (nSPS) is 16.5. The van der Waals surface area contributed by atoms with E-state index in [1.807, 2.05) is 6.07 Å². The van der Waals surface area contributed by atoms with Crippen molar-refractivity contribution in [1.82, 2.24) is 4.98 Å². The highest BCUT2D eigenvalue weighted by atomic mass is 16.3. The second-order valence-corrected chi connectivity index (χ2v) is 4.02. The molecular weight excluding hydrogens is 190 g/mol. The Hall–Kier alpha value is -1.64. The fourth-order valence-electron chi connectivity index (χ4n) is 1.87. The predicted octanol–water partition coefficient (Wildman–Crippen LogP) is 2.91. The van der Waals surface area contributed by atoms with Crippen LogP contribution in [0.4, 0.5) is 0 Å². The number of carbonyl (C=O) groups is 1. The second kappa shape index (κ2) is 3.19. The molecule has 1 aliphatic rings. The first kappa shape index (κ1) is 8.65. The van der Waals surface area contributed by atoms with Gasteiger partial charge in [0.1, 0.15) is 11.8 Å². The first-order valence-corrected chi connectivity index (χ1v) is 5.22. The summed E-state index contributed by atoms with van der Waals surface area (Å²) in [6, 6.07) is 5.34. The SMILES string of the molecule is O=Cc1ccc2oc(C3CCC3)nc2c1. The molecule has 2 aromatic rings. The maximum atomic E-state index is 10.6. The maximum Gasteiger partial charge on any atom is 0.198 e. The van der Waals surface area contributed by atoms with Crippen LogP contribution >= 0.6 is 0 Å². The minimum atomic E-state index is 0.497. The predicted molar refractivity (Wildman–Crippen MR) is 56.0 cm³/mol. The van der Waals surface area contributed by atoms with Gasteiger partial charge in [-0.3, -0.25) is 4.79 Å². The molecule has 0 atom stereocenters. The molecule has 1 aliphatic carbocycles. The Morgan fingerprint density at radius 2 is 2.27 bits per heavy atom. The number of carbonyl (C=O) groups excluding carboxylic acids is 1. The van der Waals surface area contributed by atoms with Gasteiger partial charge >= 0.3 is 0 Å². The van der Waals surface area contributed by atoms with Crippen molar-refractivity contribution in [3.63, 3.8) is 0 Å². The molecule has 0 bridgehead atoms. The van der Waals surface area contributed by atoms with Crippen molar-refractivity contribution in [2.75, 3.05) is 0 Å². The Labute approximate surface area is 87.1 Å². The number of fused-ring (bicyclic) bond motifs is 1. The largest absolute Gasteiger partial charge is 0.440 e. The van der Waals surface area contributed by atoms with Crippen LogP contribution in [-0.2, 0) is 0 Å². The van der Waals surface area contributed by atoms with Crippen LogP contribution in [0.15, 0.2) is 22.6 Å². The number of nitrogens with zero attached hydrogens (tertiary/aromatic N) is 1. The van der Waals surface area contributed by atoms with Crippen molar-refractivity contribution in [2.24, 2.45) is 0 Å². The number of hydrogen-bond acceptors (Lipinski definition) is 3.